The lowest BCUT2D eigenvalue weighted by Crippen LogP contribution is -2.31. The molecule has 4 N–H and O–H groups in total. The lowest BCUT2D eigenvalue weighted by atomic mass is 9.98. The van der Waals surface area contributed by atoms with Crippen molar-refractivity contribution in [1.29, 1.82) is 0 Å². The third kappa shape index (κ3) is 4.95. The van der Waals surface area contributed by atoms with Crippen LogP contribution in [0.25, 0.3) is 22.3 Å². The van der Waals surface area contributed by atoms with Gasteiger partial charge in [0, 0.05) is 55.8 Å². The molecule has 4 nitrogen and oxygen atoms in total. The quantitative estimate of drug-likeness (QED) is 0.172. The normalized spacial score (nSPS) is 23.6. The average molecular weight is 619 g/mol. The van der Waals surface area contributed by atoms with E-state index in [0.29, 0.717) is 0 Å². The molecule has 0 saturated carbocycles. The van der Waals surface area contributed by atoms with Crippen LogP contribution in [-0.4, -0.2) is 22.1 Å². The van der Waals surface area contributed by atoms with Crippen LogP contribution in [-0.2, 0) is 0 Å². The number of aromatic nitrogens is 2. The zero-order valence-corrected chi connectivity index (χ0v) is 26.3. The van der Waals surface area contributed by atoms with Gasteiger partial charge in [-0.1, -0.05) is 133 Å². The van der Waals surface area contributed by atoms with E-state index in [4.69, 9.17) is 0 Å². The Morgan fingerprint density at radius 2 is 0.729 bits per heavy atom. The minimum atomic E-state index is -0.0361. The molecule has 3 aliphatic rings. The monoisotopic (exact) mass is 618 g/mol. The van der Waals surface area contributed by atoms with Gasteiger partial charge in [-0.25, -0.2) is 0 Å². The van der Waals surface area contributed by atoms with Gasteiger partial charge in [0.25, 0.3) is 0 Å². The first-order valence-electron chi connectivity index (χ1n) is 16.5. The summed E-state index contributed by atoms with van der Waals surface area (Å²) in [4.78, 5) is 7.75. The Labute approximate surface area is 279 Å². The van der Waals surface area contributed by atoms with Gasteiger partial charge in [0.05, 0.1) is 12.1 Å². The summed E-state index contributed by atoms with van der Waals surface area (Å²) in [6.45, 7) is 0. The highest BCUT2D eigenvalue weighted by atomic mass is 15.0. The fourth-order valence-electron chi connectivity index (χ4n) is 7.32. The Balaban J connectivity index is 1.36. The highest BCUT2D eigenvalue weighted by Crippen LogP contribution is 2.35. The molecule has 0 aliphatic carbocycles. The number of aromatic amines is 2. The summed E-state index contributed by atoms with van der Waals surface area (Å²) in [6, 6.07) is 51.6. The van der Waals surface area contributed by atoms with E-state index in [1.54, 1.807) is 0 Å². The van der Waals surface area contributed by atoms with Gasteiger partial charge in [-0.15, -0.1) is 0 Å². The van der Waals surface area contributed by atoms with Gasteiger partial charge in [-0.05, 0) is 58.7 Å². The summed E-state index contributed by atoms with van der Waals surface area (Å²) in [5.41, 5.74) is 13.6. The fourth-order valence-corrected chi connectivity index (χ4v) is 7.32. The minimum absolute atomic E-state index is 0.0361. The SMILES string of the molecule is C1=CC2N/C1=C(/c1ccccc1)c1ccc([nH]1)/C(c1ccccc1)=C1/C=CC(N1)/C(c1ccccc1)=c1/cc/c([nH]1)=C/2c1ccccc1. The summed E-state index contributed by atoms with van der Waals surface area (Å²) in [5, 5.41) is 10.0. The predicted octanol–water partition coefficient (Wildman–Crippen LogP) is 7.03. The Morgan fingerprint density at radius 3 is 1.12 bits per heavy atom. The lowest BCUT2D eigenvalue weighted by Gasteiger charge is -2.19. The number of benzene rings is 4. The van der Waals surface area contributed by atoms with Crippen LogP contribution in [0.5, 0.6) is 0 Å². The zero-order chi connectivity index (χ0) is 31.9. The van der Waals surface area contributed by atoms with Crippen molar-refractivity contribution in [1.82, 2.24) is 20.6 Å². The van der Waals surface area contributed by atoms with Gasteiger partial charge in [0.15, 0.2) is 0 Å². The molecule has 4 heteroatoms. The Kier molecular flexibility index (Phi) is 6.90. The van der Waals surface area contributed by atoms with E-state index in [9.17, 15) is 0 Å². The van der Waals surface area contributed by atoms with Crippen LogP contribution < -0.4 is 21.3 Å². The third-order valence-electron chi connectivity index (χ3n) is 9.48. The van der Waals surface area contributed by atoms with E-state index in [2.05, 4.69) is 190 Å². The van der Waals surface area contributed by atoms with Crippen molar-refractivity contribution in [3.8, 4) is 0 Å². The highest BCUT2D eigenvalue weighted by Gasteiger charge is 2.27. The molecule has 3 aliphatic heterocycles. The van der Waals surface area contributed by atoms with Crippen LogP contribution in [0.3, 0.4) is 0 Å². The number of nitrogens with one attached hydrogen (secondary N) is 4. The lowest BCUT2D eigenvalue weighted by molar-refractivity contribution is 0.849. The Bertz CT molecular complexity index is 2210. The summed E-state index contributed by atoms with van der Waals surface area (Å²) in [7, 11) is 0. The van der Waals surface area contributed by atoms with Gasteiger partial charge >= 0.3 is 0 Å². The first kappa shape index (κ1) is 28.0. The summed E-state index contributed by atoms with van der Waals surface area (Å²) >= 11 is 0. The number of H-pyrrole nitrogens is 2. The van der Waals surface area contributed by atoms with Crippen LogP contribution in [0, 0.1) is 0 Å². The zero-order valence-electron chi connectivity index (χ0n) is 26.3. The Morgan fingerprint density at radius 1 is 0.354 bits per heavy atom. The second-order valence-electron chi connectivity index (χ2n) is 12.4. The molecule has 9 rings (SSSR count). The Hall–Kier alpha value is -6.26. The highest BCUT2D eigenvalue weighted by molar-refractivity contribution is 5.88. The third-order valence-corrected chi connectivity index (χ3v) is 9.48. The molecule has 0 spiro atoms. The molecule has 230 valence electrons. The molecule has 2 unspecified atom stereocenters. The first-order chi connectivity index (χ1) is 23.8. The standard InChI is InChI=1S/C44H34N4/c1-5-13-29(14-6-1)41-33-21-23-35(45-33)42(30-15-7-2-8-16-30)37-25-27-39(47-37)44(32-19-11-4-12-20-32)40-28-26-38(48-40)43(31-17-9-3-10-18-31)36-24-22-34(41)46-36/h1-28,33,38,45-48H/b41-34-,42-35-,43-36-,44-40-. The fraction of sp³-hybridized carbons (Fsp3) is 0.0455. The van der Waals surface area contributed by atoms with Crippen molar-refractivity contribution in [2.24, 2.45) is 0 Å². The number of allylic oxidation sites excluding steroid dienone is 2. The molecule has 0 radical (unpaired) electrons. The first-order valence-corrected chi connectivity index (χ1v) is 16.5. The van der Waals surface area contributed by atoms with E-state index >= 15 is 0 Å². The summed E-state index contributed by atoms with van der Waals surface area (Å²) in [5.74, 6) is 0. The van der Waals surface area contributed by atoms with Gasteiger partial charge in [0.2, 0.25) is 0 Å². The van der Waals surface area contributed by atoms with Gasteiger partial charge in [-0.2, -0.15) is 0 Å². The van der Waals surface area contributed by atoms with E-state index in [1.807, 2.05) is 0 Å². The predicted molar refractivity (Wildman–Crippen MR) is 196 cm³/mol. The van der Waals surface area contributed by atoms with Crippen LogP contribution in [0.1, 0.15) is 33.6 Å². The van der Waals surface area contributed by atoms with E-state index in [1.165, 1.54) is 22.3 Å². The van der Waals surface area contributed by atoms with E-state index < -0.39 is 0 Å². The molecular weight excluding hydrogens is 585 g/mol. The van der Waals surface area contributed by atoms with Crippen LogP contribution in [0.2, 0.25) is 0 Å². The number of rotatable bonds is 4. The van der Waals surface area contributed by atoms with Crippen LogP contribution >= 0.6 is 0 Å². The van der Waals surface area contributed by atoms with Crippen molar-refractivity contribution < 1.29 is 0 Å². The number of hydrogen-bond donors (Lipinski definition) is 4. The molecule has 0 saturated heterocycles. The van der Waals surface area contributed by atoms with Gasteiger partial charge in [-0.3, -0.25) is 0 Å². The average Bonchev–Trinajstić information content (AvgIpc) is 3.98. The van der Waals surface area contributed by atoms with Crippen molar-refractivity contribution in [3.05, 3.63) is 226 Å². The van der Waals surface area contributed by atoms with Crippen LogP contribution in [0.15, 0.2) is 181 Å². The maximum absolute atomic E-state index is 3.93. The van der Waals surface area contributed by atoms with Gasteiger partial charge in [0.1, 0.15) is 0 Å². The second kappa shape index (κ2) is 11.8. The molecule has 2 atom stereocenters. The molecule has 8 bridgehead atoms. The number of hydrogen-bond acceptors (Lipinski definition) is 2. The van der Waals surface area contributed by atoms with Crippen LogP contribution in [0.4, 0.5) is 0 Å². The van der Waals surface area contributed by atoms with Crippen molar-refractivity contribution in [2.75, 3.05) is 0 Å². The molecule has 0 amide bonds. The minimum Gasteiger partial charge on any atom is -0.374 e. The molecule has 5 heterocycles. The van der Waals surface area contributed by atoms with Crippen molar-refractivity contribution in [2.45, 2.75) is 12.1 Å². The molecule has 0 fully saturated rings. The summed E-state index contributed by atoms with van der Waals surface area (Å²) in [6.07, 6.45) is 9.05. The van der Waals surface area contributed by atoms with E-state index in [0.717, 1.165) is 55.8 Å². The smallest absolute Gasteiger partial charge is 0.0728 e. The largest absolute Gasteiger partial charge is 0.374 e. The summed E-state index contributed by atoms with van der Waals surface area (Å²) < 4.78 is 0. The van der Waals surface area contributed by atoms with Crippen molar-refractivity contribution in [3.63, 3.8) is 0 Å². The molecule has 4 aromatic carbocycles. The van der Waals surface area contributed by atoms with Crippen molar-refractivity contribution >= 4 is 22.3 Å². The second-order valence-corrected chi connectivity index (χ2v) is 12.4. The molecular formula is C44H34N4. The maximum atomic E-state index is 3.93. The number of fused-ring (bicyclic) bond motifs is 8. The van der Waals surface area contributed by atoms with Gasteiger partial charge < -0.3 is 20.6 Å². The molecule has 48 heavy (non-hydrogen) atoms. The maximum Gasteiger partial charge on any atom is 0.0728 e. The molecule has 6 aromatic rings. The van der Waals surface area contributed by atoms with E-state index in [-0.39, 0.29) is 12.1 Å². The topological polar surface area (TPSA) is 55.6 Å². The molecule has 2 aromatic heterocycles.